The van der Waals surface area contributed by atoms with Gasteiger partial charge in [-0.15, -0.1) is 0 Å². The van der Waals surface area contributed by atoms with Gasteiger partial charge in [0.25, 0.3) is 0 Å². The van der Waals surface area contributed by atoms with Gasteiger partial charge in [0.1, 0.15) is 5.82 Å². The summed E-state index contributed by atoms with van der Waals surface area (Å²) in [5, 5.41) is 0. The van der Waals surface area contributed by atoms with Crippen molar-refractivity contribution in [2.45, 2.75) is 6.92 Å². The molecule has 1 heterocycles. The quantitative estimate of drug-likeness (QED) is 0.794. The van der Waals surface area contributed by atoms with Crippen LogP contribution < -0.4 is 4.90 Å². The summed E-state index contributed by atoms with van der Waals surface area (Å²) in [6, 6.07) is 3.97. The summed E-state index contributed by atoms with van der Waals surface area (Å²) in [5.74, 6) is 0.878. The predicted molar refractivity (Wildman–Crippen MR) is 66.3 cm³/mol. The van der Waals surface area contributed by atoms with Crippen LogP contribution in [-0.4, -0.2) is 24.1 Å². The second-order valence-corrected chi connectivity index (χ2v) is 4.52. The molecule has 0 atom stereocenters. The Bertz CT molecular complexity index is 508. The molecule has 0 unspecified atom stereocenters. The zero-order valence-corrected chi connectivity index (χ0v) is 10.5. The third-order valence-corrected chi connectivity index (χ3v) is 3.21. The van der Waals surface area contributed by atoms with E-state index in [0.29, 0.717) is 0 Å². The van der Waals surface area contributed by atoms with Crippen LogP contribution in [0, 0.1) is 6.92 Å². The third-order valence-electron chi connectivity index (χ3n) is 2.35. The summed E-state index contributed by atoms with van der Waals surface area (Å²) in [5.41, 5.74) is 3.01. The SMILES string of the molecule is Cc1c(Br)ccc2ncc(N(C)C)nc12. The lowest BCUT2D eigenvalue weighted by Gasteiger charge is -2.12. The Morgan fingerprint density at radius 2 is 2.00 bits per heavy atom. The fourth-order valence-electron chi connectivity index (χ4n) is 1.39. The fourth-order valence-corrected chi connectivity index (χ4v) is 1.71. The Morgan fingerprint density at radius 3 is 2.67 bits per heavy atom. The number of aromatic nitrogens is 2. The first kappa shape index (κ1) is 10.4. The minimum atomic E-state index is 0.878. The summed E-state index contributed by atoms with van der Waals surface area (Å²) < 4.78 is 1.07. The number of hydrogen-bond donors (Lipinski definition) is 0. The van der Waals surface area contributed by atoms with Gasteiger partial charge in [-0.1, -0.05) is 15.9 Å². The molecular formula is C11H12BrN3. The van der Waals surface area contributed by atoms with Crippen molar-refractivity contribution in [1.82, 2.24) is 9.97 Å². The Morgan fingerprint density at radius 1 is 1.27 bits per heavy atom. The normalized spacial score (nSPS) is 10.7. The topological polar surface area (TPSA) is 29.0 Å². The first-order valence-corrected chi connectivity index (χ1v) is 5.48. The molecule has 1 aromatic heterocycles. The average molecular weight is 266 g/mol. The van der Waals surface area contributed by atoms with Gasteiger partial charge in [-0.25, -0.2) is 4.98 Å². The highest BCUT2D eigenvalue weighted by Crippen LogP contribution is 2.24. The lowest BCUT2D eigenvalue weighted by molar-refractivity contribution is 1.06. The highest BCUT2D eigenvalue weighted by molar-refractivity contribution is 9.10. The molecule has 1 aromatic carbocycles. The van der Waals surface area contributed by atoms with Crippen LogP contribution in [0.4, 0.5) is 5.82 Å². The highest BCUT2D eigenvalue weighted by Gasteiger charge is 2.06. The van der Waals surface area contributed by atoms with Crippen molar-refractivity contribution in [3.05, 3.63) is 28.4 Å². The van der Waals surface area contributed by atoms with Crippen molar-refractivity contribution in [1.29, 1.82) is 0 Å². The number of rotatable bonds is 1. The Balaban J connectivity index is 2.73. The van der Waals surface area contributed by atoms with Crippen molar-refractivity contribution in [2.75, 3.05) is 19.0 Å². The summed E-state index contributed by atoms with van der Waals surface area (Å²) in [6.45, 7) is 2.04. The van der Waals surface area contributed by atoms with E-state index in [0.717, 1.165) is 26.9 Å². The van der Waals surface area contributed by atoms with E-state index in [-0.39, 0.29) is 0 Å². The molecule has 0 radical (unpaired) electrons. The van der Waals surface area contributed by atoms with E-state index in [1.165, 1.54) is 0 Å². The van der Waals surface area contributed by atoms with Crippen LogP contribution in [0.1, 0.15) is 5.56 Å². The second kappa shape index (κ2) is 3.77. The third kappa shape index (κ3) is 1.81. The van der Waals surface area contributed by atoms with Crippen molar-refractivity contribution >= 4 is 32.8 Å². The van der Waals surface area contributed by atoms with Crippen LogP contribution >= 0.6 is 15.9 Å². The number of halogens is 1. The molecule has 0 saturated heterocycles. The molecule has 2 aromatic rings. The second-order valence-electron chi connectivity index (χ2n) is 3.66. The summed E-state index contributed by atoms with van der Waals surface area (Å²) in [7, 11) is 3.92. The van der Waals surface area contributed by atoms with Crippen molar-refractivity contribution in [3.63, 3.8) is 0 Å². The molecule has 0 N–H and O–H groups in total. The smallest absolute Gasteiger partial charge is 0.147 e. The summed E-state index contributed by atoms with van der Waals surface area (Å²) in [4.78, 5) is 10.9. The molecule has 0 aliphatic rings. The molecule has 0 amide bonds. The number of benzene rings is 1. The molecular weight excluding hydrogens is 254 g/mol. The predicted octanol–water partition coefficient (Wildman–Crippen LogP) is 2.77. The number of nitrogens with zero attached hydrogens (tertiary/aromatic N) is 3. The zero-order valence-electron chi connectivity index (χ0n) is 8.95. The van der Waals surface area contributed by atoms with Crippen LogP contribution in [0.5, 0.6) is 0 Å². The van der Waals surface area contributed by atoms with Gasteiger partial charge in [0.05, 0.1) is 17.2 Å². The van der Waals surface area contributed by atoms with Crippen LogP contribution in [0.2, 0.25) is 0 Å². The van der Waals surface area contributed by atoms with Crippen LogP contribution in [0.3, 0.4) is 0 Å². The Hall–Kier alpha value is -1.16. The van der Waals surface area contributed by atoms with Gasteiger partial charge in [-0.2, -0.15) is 0 Å². The van der Waals surface area contributed by atoms with Gasteiger partial charge in [-0.3, -0.25) is 4.98 Å². The monoisotopic (exact) mass is 265 g/mol. The summed E-state index contributed by atoms with van der Waals surface area (Å²) >= 11 is 3.50. The highest BCUT2D eigenvalue weighted by atomic mass is 79.9. The fraction of sp³-hybridized carbons (Fsp3) is 0.273. The molecule has 0 spiro atoms. The van der Waals surface area contributed by atoms with Gasteiger partial charge < -0.3 is 4.90 Å². The molecule has 78 valence electrons. The minimum Gasteiger partial charge on any atom is -0.361 e. The van der Waals surface area contributed by atoms with E-state index in [2.05, 4.69) is 25.9 Å². The maximum atomic E-state index is 4.57. The lowest BCUT2D eigenvalue weighted by atomic mass is 10.2. The van der Waals surface area contributed by atoms with Gasteiger partial charge in [0.15, 0.2) is 0 Å². The van der Waals surface area contributed by atoms with Crippen LogP contribution in [-0.2, 0) is 0 Å². The number of fused-ring (bicyclic) bond motifs is 1. The lowest BCUT2D eigenvalue weighted by Crippen LogP contribution is -2.11. The van der Waals surface area contributed by atoms with E-state index in [9.17, 15) is 0 Å². The van der Waals surface area contributed by atoms with E-state index in [1.54, 1.807) is 6.20 Å². The zero-order chi connectivity index (χ0) is 11.0. The molecule has 4 heteroatoms. The van der Waals surface area contributed by atoms with Gasteiger partial charge >= 0.3 is 0 Å². The molecule has 15 heavy (non-hydrogen) atoms. The number of anilines is 1. The number of hydrogen-bond acceptors (Lipinski definition) is 3. The van der Waals surface area contributed by atoms with Crippen molar-refractivity contribution in [2.24, 2.45) is 0 Å². The first-order valence-electron chi connectivity index (χ1n) is 4.69. The first-order chi connectivity index (χ1) is 7.09. The molecule has 3 nitrogen and oxygen atoms in total. The van der Waals surface area contributed by atoms with E-state index in [4.69, 9.17) is 0 Å². The van der Waals surface area contributed by atoms with Gasteiger partial charge in [-0.05, 0) is 24.6 Å². The largest absolute Gasteiger partial charge is 0.361 e. The van der Waals surface area contributed by atoms with Crippen molar-refractivity contribution < 1.29 is 0 Å². The maximum absolute atomic E-state index is 4.57. The standard InChI is InChI=1S/C11H12BrN3/c1-7-8(12)4-5-9-11(7)14-10(6-13-9)15(2)3/h4-6H,1-3H3. The van der Waals surface area contributed by atoms with E-state index >= 15 is 0 Å². The number of aryl methyl sites for hydroxylation is 1. The maximum Gasteiger partial charge on any atom is 0.147 e. The summed E-state index contributed by atoms with van der Waals surface area (Å²) in [6.07, 6.45) is 1.79. The van der Waals surface area contributed by atoms with Gasteiger partial charge in [0, 0.05) is 18.6 Å². The Labute approximate surface area is 97.3 Å². The van der Waals surface area contributed by atoms with E-state index in [1.807, 2.05) is 38.1 Å². The molecule has 0 fully saturated rings. The molecule has 0 saturated carbocycles. The minimum absolute atomic E-state index is 0.878. The molecule has 2 rings (SSSR count). The molecule has 0 bridgehead atoms. The van der Waals surface area contributed by atoms with Crippen LogP contribution in [0.25, 0.3) is 11.0 Å². The Kier molecular flexibility index (Phi) is 2.61. The van der Waals surface area contributed by atoms with E-state index < -0.39 is 0 Å². The van der Waals surface area contributed by atoms with Crippen molar-refractivity contribution in [3.8, 4) is 0 Å². The average Bonchev–Trinajstić information content (AvgIpc) is 2.23. The molecule has 0 aliphatic carbocycles. The molecule has 0 aliphatic heterocycles. The van der Waals surface area contributed by atoms with Gasteiger partial charge in [0.2, 0.25) is 0 Å². The van der Waals surface area contributed by atoms with Crippen LogP contribution in [0.15, 0.2) is 22.8 Å².